The first kappa shape index (κ1) is 16.4. The van der Waals surface area contributed by atoms with Crippen LogP contribution in [0.4, 0.5) is 17.1 Å². The smallest absolute Gasteiger partial charge is 0.159 e. The fourth-order valence-electron chi connectivity index (χ4n) is 3.55. The van der Waals surface area contributed by atoms with Crippen molar-refractivity contribution < 1.29 is 9.47 Å². The van der Waals surface area contributed by atoms with Crippen LogP contribution in [0.2, 0.25) is 0 Å². The summed E-state index contributed by atoms with van der Waals surface area (Å²) in [4.78, 5) is 2.43. The molecule has 1 aromatic carbocycles. The molecular weight excluding hydrogens is 290 g/mol. The Morgan fingerprint density at radius 2 is 1.83 bits per heavy atom. The summed E-state index contributed by atoms with van der Waals surface area (Å²) in [5, 5.41) is 3.58. The molecule has 5 nitrogen and oxygen atoms in total. The Kier molecular flexibility index (Phi) is 5.28. The highest BCUT2D eigenvalue weighted by Crippen LogP contribution is 2.32. The zero-order valence-electron chi connectivity index (χ0n) is 14.3. The van der Waals surface area contributed by atoms with Gasteiger partial charge in [-0.2, -0.15) is 0 Å². The minimum absolute atomic E-state index is 0.0839. The van der Waals surface area contributed by atoms with Crippen LogP contribution in [0.5, 0.6) is 0 Å². The van der Waals surface area contributed by atoms with E-state index in [1.54, 1.807) is 14.2 Å². The van der Waals surface area contributed by atoms with Crippen molar-refractivity contribution in [3.63, 3.8) is 0 Å². The molecule has 3 N–H and O–H groups in total. The van der Waals surface area contributed by atoms with Crippen LogP contribution in [-0.2, 0) is 9.47 Å². The van der Waals surface area contributed by atoms with Gasteiger partial charge in [-0.3, -0.25) is 0 Å². The van der Waals surface area contributed by atoms with E-state index in [9.17, 15) is 0 Å². The van der Waals surface area contributed by atoms with E-state index in [2.05, 4.69) is 22.3 Å². The number of benzene rings is 1. The molecule has 0 unspecified atom stereocenters. The number of methoxy groups -OCH3 is 2. The number of hydrogen-bond acceptors (Lipinski definition) is 5. The lowest BCUT2D eigenvalue weighted by Gasteiger charge is -2.36. The molecule has 0 amide bonds. The molecule has 1 saturated carbocycles. The van der Waals surface area contributed by atoms with E-state index in [-0.39, 0.29) is 6.29 Å². The first-order chi connectivity index (χ1) is 11.2. The normalized spacial score (nSPS) is 19.9. The summed E-state index contributed by atoms with van der Waals surface area (Å²) in [7, 11) is 3.44. The maximum absolute atomic E-state index is 6.13. The topological polar surface area (TPSA) is 59.8 Å². The van der Waals surface area contributed by atoms with E-state index < -0.39 is 0 Å². The van der Waals surface area contributed by atoms with Gasteiger partial charge < -0.3 is 25.4 Å². The second-order valence-electron chi connectivity index (χ2n) is 6.71. The maximum atomic E-state index is 6.13. The third-order valence-electron chi connectivity index (χ3n) is 5.26. The molecule has 1 saturated heterocycles. The van der Waals surface area contributed by atoms with E-state index in [4.69, 9.17) is 15.2 Å². The van der Waals surface area contributed by atoms with Crippen LogP contribution >= 0.6 is 0 Å². The summed E-state index contributed by atoms with van der Waals surface area (Å²) in [5.74, 6) is 0.475. The van der Waals surface area contributed by atoms with Gasteiger partial charge in [0.05, 0.1) is 11.4 Å². The zero-order chi connectivity index (χ0) is 16.2. The van der Waals surface area contributed by atoms with Gasteiger partial charge in [-0.05, 0) is 50.3 Å². The number of nitrogens with zero attached hydrogens (tertiary/aromatic N) is 1. The number of nitrogens with two attached hydrogens (primary N) is 1. The summed E-state index contributed by atoms with van der Waals surface area (Å²) >= 11 is 0. The van der Waals surface area contributed by atoms with Crippen LogP contribution in [0.1, 0.15) is 32.1 Å². The fraction of sp³-hybridized carbons (Fsp3) is 0.667. The summed E-state index contributed by atoms with van der Waals surface area (Å²) in [6.07, 6.45) is 5.92. The van der Waals surface area contributed by atoms with Crippen LogP contribution < -0.4 is 16.0 Å². The lowest BCUT2D eigenvalue weighted by Crippen LogP contribution is -2.39. The minimum atomic E-state index is -0.0839. The molecular formula is C18H29N3O2. The molecule has 2 fully saturated rings. The summed E-state index contributed by atoms with van der Waals surface area (Å²) < 4.78 is 10.8. The van der Waals surface area contributed by atoms with E-state index >= 15 is 0 Å². The standard InChI is InChI=1S/C18H29N3O2/c1-22-18(23-2)13-8-10-21(11-9-13)15-6-7-16(19)17(12-15)20-14-4-3-5-14/h6-7,12-14,18,20H,3-5,8-11,19H2,1-2H3. The number of ether oxygens (including phenoxy) is 2. The Bertz CT molecular complexity index is 507. The third kappa shape index (κ3) is 3.72. The van der Waals surface area contributed by atoms with E-state index in [1.807, 2.05) is 6.07 Å². The summed E-state index contributed by atoms with van der Waals surface area (Å²) in [5.41, 5.74) is 9.31. The van der Waals surface area contributed by atoms with Crippen LogP contribution in [-0.4, -0.2) is 39.6 Å². The Hall–Kier alpha value is -1.46. The van der Waals surface area contributed by atoms with E-state index in [1.165, 1.54) is 24.9 Å². The van der Waals surface area contributed by atoms with Gasteiger partial charge in [0.15, 0.2) is 6.29 Å². The predicted molar refractivity (Wildman–Crippen MR) is 94.9 cm³/mol. The molecule has 3 rings (SSSR count). The van der Waals surface area contributed by atoms with Gasteiger partial charge in [0, 0.05) is 45.0 Å². The van der Waals surface area contributed by atoms with Crippen molar-refractivity contribution in [2.75, 3.05) is 43.3 Å². The van der Waals surface area contributed by atoms with Crippen molar-refractivity contribution >= 4 is 17.1 Å². The molecule has 23 heavy (non-hydrogen) atoms. The summed E-state index contributed by atoms with van der Waals surface area (Å²) in [6, 6.07) is 6.96. The number of hydrogen-bond donors (Lipinski definition) is 2. The second-order valence-corrected chi connectivity index (χ2v) is 6.71. The predicted octanol–water partition coefficient (Wildman–Crippen LogP) is 3.07. The van der Waals surface area contributed by atoms with Crippen molar-refractivity contribution in [3.8, 4) is 0 Å². The van der Waals surface area contributed by atoms with Crippen LogP contribution in [0.3, 0.4) is 0 Å². The fourth-order valence-corrected chi connectivity index (χ4v) is 3.55. The van der Waals surface area contributed by atoms with Gasteiger partial charge in [-0.1, -0.05) is 0 Å². The number of nitrogens with one attached hydrogen (secondary N) is 1. The molecule has 0 aromatic heterocycles. The lowest BCUT2D eigenvalue weighted by molar-refractivity contribution is -0.141. The first-order valence-corrected chi connectivity index (χ1v) is 8.68. The van der Waals surface area contributed by atoms with Gasteiger partial charge in [-0.15, -0.1) is 0 Å². The monoisotopic (exact) mass is 319 g/mol. The van der Waals surface area contributed by atoms with Crippen LogP contribution in [0.25, 0.3) is 0 Å². The number of anilines is 3. The highest BCUT2D eigenvalue weighted by atomic mass is 16.7. The van der Waals surface area contributed by atoms with E-state index in [0.29, 0.717) is 12.0 Å². The number of piperidine rings is 1. The van der Waals surface area contributed by atoms with Gasteiger partial charge in [0.1, 0.15) is 0 Å². The van der Waals surface area contributed by atoms with Crippen molar-refractivity contribution in [1.82, 2.24) is 0 Å². The molecule has 1 aliphatic carbocycles. The number of rotatable bonds is 6. The molecule has 1 aromatic rings. The first-order valence-electron chi connectivity index (χ1n) is 8.68. The van der Waals surface area contributed by atoms with Crippen LogP contribution in [0.15, 0.2) is 18.2 Å². The minimum Gasteiger partial charge on any atom is -0.397 e. The highest BCUT2D eigenvalue weighted by molar-refractivity contribution is 5.72. The van der Waals surface area contributed by atoms with Gasteiger partial charge in [-0.25, -0.2) is 0 Å². The molecule has 128 valence electrons. The quantitative estimate of drug-likeness (QED) is 0.623. The summed E-state index contributed by atoms with van der Waals surface area (Å²) in [6.45, 7) is 2.06. The Morgan fingerprint density at radius 1 is 1.13 bits per heavy atom. The van der Waals surface area contributed by atoms with Crippen molar-refractivity contribution in [2.24, 2.45) is 5.92 Å². The zero-order valence-corrected chi connectivity index (χ0v) is 14.3. The molecule has 2 aliphatic rings. The van der Waals surface area contributed by atoms with Gasteiger partial charge in [0.2, 0.25) is 0 Å². The number of nitrogen functional groups attached to an aromatic ring is 1. The van der Waals surface area contributed by atoms with Crippen molar-refractivity contribution in [2.45, 2.75) is 44.4 Å². The van der Waals surface area contributed by atoms with Crippen LogP contribution in [0, 0.1) is 5.92 Å². The average molecular weight is 319 g/mol. The Morgan fingerprint density at radius 3 is 2.39 bits per heavy atom. The van der Waals surface area contributed by atoms with Gasteiger partial charge >= 0.3 is 0 Å². The Labute approximate surface area is 139 Å². The average Bonchev–Trinajstić information content (AvgIpc) is 2.54. The van der Waals surface area contributed by atoms with Crippen molar-refractivity contribution in [1.29, 1.82) is 0 Å². The molecule has 0 spiro atoms. The van der Waals surface area contributed by atoms with Crippen molar-refractivity contribution in [3.05, 3.63) is 18.2 Å². The SMILES string of the molecule is COC(OC)C1CCN(c2ccc(N)c(NC3CCC3)c2)CC1. The molecule has 0 atom stereocenters. The lowest BCUT2D eigenvalue weighted by atomic mass is 9.92. The maximum Gasteiger partial charge on any atom is 0.159 e. The molecule has 0 bridgehead atoms. The molecule has 0 radical (unpaired) electrons. The van der Waals surface area contributed by atoms with E-state index in [0.717, 1.165) is 37.3 Å². The second kappa shape index (κ2) is 7.41. The Balaban J connectivity index is 1.62. The molecule has 5 heteroatoms. The molecule has 1 aliphatic heterocycles. The van der Waals surface area contributed by atoms with Gasteiger partial charge in [0.25, 0.3) is 0 Å². The third-order valence-corrected chi connectivity index (χ3v) is 5.26. The highest BCUT2D eigenvalue weighted by Gasteiger charge is 2.27. The molecule has 1 heterocycles. The largest absolute Gasteiger partial charge is 0.397 e.